The third-order valence-electron chi connectivity index (χ3n) is 1.93. The molecule has 0 saturated carbocycles. The van der Waals surface area contributed by atoms with Crippen LogP contribution in [0.5, 0.6) is 5.88 Å². The second-order valence-electron chi connectivity index (χ2n) is 3.21. The zero-order chi connectivity index (χ0) is 14.3. The Morgan fingerprint density at radius 2 is 2.32 bits per heavy atom. The van der Waals surface area contributed by atoms with Gasteiger partial charge in [0.05, 0.1) is 18.6 Å². The number of methoxy groups -OCH3 is 1. The average molecular weight is 272 g/mol. The lowest BCUT2D eigenvalue weighted by Gasteiger charge is -2.07. The van der Waals surface area contributed by atoms with E-state index in [1.165, 1.54) is 7.11 Å². The van der Waals surface area contributed by atoms with Crippen molar-refractivity contribution in [3.05, 3.63) is 16.4 Å². The molecule has 0 saturated heterocycles. The Morgan fingerprint density at radius 1 is 1.58 bits per heavy atom. The van der Waals surface area contributed by atoms with Crippen LogP contribution in [0.3, 0.4) is 0 Å². The van der Waals surface area contributed by atoms with E-state index in [4.69, 9.17) is 14.6 Å². The molecule has 2 N–H and O–H groups in total. The molecule has 0 aromatic carbocycles. The van der Waals surface area contributed by atoms with Gasteiger partial charge in [0.15, 0.2) is 0 Å². The molecular formula is C9H12N4O6. The van der Waals surface area contributed by atoms with E-state index < -0.39 is 17.5 Å². The highest BCUT2D eigenvalue weighted by Crippen LogP contribution is 2.29. The summed E-state index contributed by atoms with van der Waals surface area (Å²) in [6.07, 6.45) is 1.12. The summed E-state index contributed by atoms with van der Waals surface area (Å²) in [6.45, 7) is -0.207. The van der Waals surface area contributed by atoms with Gasteiger partial charge in [-0.3, -0.25) is 10.1 Å². The van der Waals surface area contributed by atoms with Gasteiger partial charge in [0, 0.05) is 6.54 Å². The minimum absolute atomic E-state index is 0.0178. The first kappa shape index (κ1) is 14.6. The van der Waals surface area contributed by atoms with E-state index >= 15 is 0 Å². The molecule has 1 aromatic rings. The Hall–Kier alpha value is -2.49. The Bertz CT molecular complexity index is 466. The van der Waals surface area contributed by atoms with Crippen molar-refractivity contribution in [1.82, 2.24) is 9.97 Å². The standard InChI is InChI=1S/C9H12N4O6/c1-18-9-7(13(16)17)8(11-5-12-9)10-2-3-19-4-6(14)15/h5H,2-4H2,1H3,(H,14,15)(H,10,11,12). The number of nitrogens with zero attached hydrogens (tertiary/aromatic N) is 3. The topological polar surface area (TPSA) is 137 Å². The predicted octanol–water partition coefficient (Wildman–Crippen LogP) is -0.0935. The van der Waals surface area contributed by atoms with Gasteiger partial charge in [-0.25, -0.2) is 9.78 Å². The summed E-state index contributed by atoms with van der Waals surface area (Å²) in [7, 11) is 1.26. The van der Waals surface area contributed by atoms with E-state index in [1.807, 2.05) is 0 Å². The highest BCUT2D eigenvalue weighted by atomic mass is 16.6. The number of hydrogen-bond acceptors (Lipinski definition) is 8. The second-order valence-corrected chi connectivity index (χ2v) is 3.21. The van der Waals surface area contributed by atoms with E-state index in [9.17, 15) is 14.9 Å². The molecule has 10 nitrogen and oxygen atoms in total. The first-order valence-electron chi connectivity index (χ1n) is 5.13. The smallest absolute Gasteiger partial charge is 0.372 e. The molecule has 0 amide bonds. The van der Waals surface area contributed by atoms with E-state index in [1.54, 1.807) is 0 Å². The molecule has 19 heavy (non-hydrogen) atoms. The van der Waals surface area contributed by atoms with Gasteiger partial charge in [0.2, 0.25) is 5.82 Å². The van der Waals surface area contributed by atoms with Gasteiger partial charge >= 0.3 is 11.7 Å². The van der Waals surface area contributed by atoms with Gasteiger partial charge in [0.25, 0.3) is 5.88 Å². The third kappa shape index (κ3) is 4.35. The maximum Gasteiger partial charge on any atom is 0.372 e. The lowest BCUT2D eigenvalue weighted by Crippen LogP contribution is -2.15. The monoisotopic (exact) mass is 272 g/mol. The Kier molecular flexibility index (Phi) is 5.41. The molecule has 0 bridgehead atoms. The number of hydrogen-bond donors (Lipinski definition) is 2. The summed E-state index contributed by atoms with van der Waals surface area (Å²) in [5.41, 5.74) is -0.386. The van der Waals surface area contributed by atoms with E-state index in [-0.39, 0.29) is 30.5 Å². The summed E-state index contributed by atoms with van der Waals surface area (Å²) in [6, 6.07) is 0. The van der Waals surface area contributed by atoms with Crippen molar-refractivity contribution in [3.63, 3.8) is 0 Å². The van der Waals surface area contributed by atoms with Crippen LogP contribution in [0.15, 0.2) is 6.33 Å². The first-order chi connectivity index (χ1) is 9.06. The summed E-state index contributed by atoms with van der Waals surface area (Å²) >= 11 is 0. The molecule has 0 spiro atoms. The Balaban J connectivity index is 2.62. The second kappa shape index (κ2) is 7.06. The normalized spacial score (nSPS) is 9.95. The van der Waals surface area contributed by atoms with Crippen LogP contribution in [0.25, 0.3) is 0 Å². The first-order valence-corrected chi connectivity index (χ1v) is 5.13. The lowest BCUT2D eigenvalue weighted by atomic mass is 10.4. The Morgan fingerprint density at radius 3 is 2.89 bits per heavy atom. The van der Waals surface area contributed by atoms with Crippen molar-refractivity contribution >= 4 is 17.5 Å². The number of aliphatic carboxylic acids is 1. The van der Waals surface area contributed by atoms with Crippen molar-refractivity contribution in [1.29, 1.82) is 0 Å². The van der Waals surface area contributed by atoms with Crippen LogP contribution < -0.4 is 10.1 Å². The summed E-state index contributed by atoms with van der Waals surface area (Å²) in [5.74, 6) is -1.26. The fourth-order valence-corrected chi connectivity index (χ4v) is 1.21. The number of ether oxygens (including phenoxy) is 2. The summed E-state index contributed by atoms with van der Waals surface area (Å²) in [4.78, 5) is 27.7. The molecule has 0 aliphatic heterocycles. The molecule has 104 valence electrons. The number of carboxylic acid groups (broad SMARTS) is 1. The maximum absolute atomic E-state index is 10.9. The van der Waals surface area contributed by atoms with Crippen molar-refractivity contribution in [2.24, 2.45) is 0 Å². The molecule has 0 atom stereocenters. The number of anilines is 1. The van der Waals surface area contributed by atoms with Gasteiger partial charge in [-0.2, -0.15) is 4.98 Å². The number of aromatic nitrogens is 2. The van der Waals surface area contributed by atoms with Crippen molar-refractivity contribution < 1.29 is 24.3 Å². The highest BCUT2D eigenvalue weighted by Gasteiger charge is 2.23. The zero-order valence-electron chi connectivity index (χ0n) is 10.0. The minimum atomic E-state index is -1.09. The van der Waals surface area contributed by atoms with Crippen LogP contribution in [0.4, 0.5) is 11.5 Å². The molecule has 0 fully saturated rings. The van der Waals surface area contributed by atoms with Crippen LogP contribution in [-0.2, 0) is 9.53 Å². The van der Waals surface area contributed by atoms with Crippen LogP contribution in [0.2, 0.25) is 0 Å². The average Bonchev–Trinajstić information content (AvgIpc) is 2.37. The van der Waals surface area contributed by atoms with Crippen LogP contribution in [0.1, 0.15) is 0 Å². The molecular weight excluding hydrogens is 260 g/mol. The van der Waals surface area contributed by atoms with Crippen molar-refractivity contribution in [2.75, 3.05) is 32.2 Å². The lowest BCUT2D eigenvalue weighted by molar-refractivity contribution is -0.385. The van der Waals surface area contributed by atoms with E-state index in [0.29, 0.717) is 0 Å². The molecule has 1 heterocycles. The molecule has 10 heteroatoms. The molecule has 1 rings (SSSR count). The van der Waals surface area contributed by atoms with Crippen molar-refractivity contribution in [2.45, 2.75) is 0 Å². The summed E-state index contributed by atoms with van der Waals surface area (Å²) < 4.78 is 9.53. The van der Waals surface area contributed by atoms with E-state index in [0.717, 1.165) is 6.33 Å². The quantitative estimate of drug-likeness (QED) is 0.377. The van der Waals surface area contributed by atoms with Gasteiger partial charge in [-0.15, -0.1) is 0 Å². The van der Waals surface area contributed by atoms with Crippen LogP contribution in [0, 0.1) is 10.1 Å². The molecule has 0 radical (unpaired) electrons. The molecule has 0 aliphatic rings. The highest BCUT2D eigenvalue weighted by molar-refractivity contribution is 5.68. The van der Waals surface area contributed by atoms with Gasteiger partial charge in [0.1, 0.15) is 12.9 Å². The predicted molar refractivity (Wildman–Crippen MR) is 62.2 cm³/mol. The largest absolute Gasteiger partial charge is 0.480 e. The van der Waals surface area contributed by atoms with Crippen LogP contribution in [-0.4, -0.2) is 52.8 Å². The fourth-order valence-electron chi connectivity index (χ4n) is 1.21. The molecule has 0 unspecified atom stereocenters. The van der Waals surface area contributed by atoms with Crippen LogP contribution >= 0.6 is 0 Å². The SMILES string of the molecule is COc1ncnc(NCCOCC(=O)O)c1[N+](=O)[O-]. The minimum Gasteiger partial charge on any atom is -0.480 e. The zero-order valence-corrected chi connectivity index (χ0v) is 10.0. The third-order valence-corrected chi connectivity index (χ3v) is 1.93. The number of nitro groups is 1. The fraction of sp³-hybridized carbons (Fsp3) is 0.444. The van der Waals surface area contributed by atoms with Gasteiger partial charge < -0.3 is 19.9 Å². The van der Waals surface area contributed by atoms with Gasteiger partial charge in [-0.1, -0.05) is 0 Å². The maximum atomic E-state index is 10.9. The number of carbonyl (C=O) groups is 1. The number of carboxylic acids is 1. The number of rotatable bonds is 8. The number of nitrogens with one attached hydrogen (secondary N) is 1. The summed E-state index contributed by atoms with van der Waals surface area (Å²) in [5, 5.41) is 21.9. The molecule has 0 aliphatic carbocycles. The Labute approximate surface area is 107 Å². The van der Waals surface area contributed by atoms with E-state index in [2.05, 4.69) is 15.3 Å². The van der Waals surface area contributed by atoms with Gasteiger partial charge in [-0.05, 0) is 0 Å². The van der Waals surface area contributed by atoms with Crippen molar-refractivity contribution in [3.8, 4) is 5.88 Å². The molecule has 1 aromatic heterocycles.